The van der Waals surface area contributed by atoms with Gasteiger partial charge >= 0.3 is 13.8 Å². The van der Waals surface area contributed by atoms with Crippen LogP contribution in [0.5, 0.6) is 0 Å². The van der Waals surface area contributed by atoms with Gasteiger partial charge in [-0.1, -0.05) is 18.2 Å². The fourth-order valence-corrected chi connectivity index (χ4v) is 1.79. The fourth-order valence-electron chi connectivity index (χ4n) is 0.945. The lowest BCUT2D eigenvalue weighted by molar-refractivity contribution is 0.175. The molecule has 1 atom stereocenters. The first-order valence-electron chi connectivity index (χ1n) is 4.70. The van der Waals surface area contributed by atoms with Gasteiger partial charge in [-0.25, -0.2) is 14.4 Å². The van der Waals surface area contributed by atoms with E-state index in [0.717, 1.165) is 0 Å². The van der Waals surface area contributed by atoms with Gasteiger partial charge in [-0.15, -0.1) is 5.20 Å². The Labute approximate surface area is 99.0 Å². The highest BCUT2D eigenvalue weighted by Gasteiger charge is 2.24. The number of ether oxygens (including phenoxy) is 1. The third kappa shape index (κ3) is 4.44. The summed E-state index contributed by atoms with van der Waals surface area (Å²) in [5, 5.41) is 4.46. The standard InChI is InChI=1S/C9H14N3O4P/c1-15-9(13)11-17(14,16-2)12-10-8-6-4-3-5-7-8/h3-7,10H,1-2H3,(H2,11,12,13,14)/t17-/m0/s1. The lowest BCUT2D eigenvalue weighted by Gasteiger charge is -2.18. The molecule has 0 spiro atoms. The van der Waals surface area contributed by atoms with Gasteiger partial charge in [0.1, 0.15) is 0 Å². The van der Waals surface area contributed by atoms with E-state index in [-0.39, 0.29) is 0 Å². The van der Waals surface area contributed by atoms with Crippen LogP contribution in [0.1, 0.15) is 0 Å². The average molecular weight is 259 g/mol. The van der Waals surface area contributed by atoms with E-state index >= 15 is 0 Å². The second-order valence-electron chi connectivity index (χ2n) is 2.94. The number of anilines is 1. The number of carbonyl (C=O) groups excluding carboxylic acids is 1. The molecule has 7 nitrogen and oxygen atoms in total. The molecule has 0 unspecified atom stereocenters. The van der Waals surface area contributed by atoms with Gasteiger partial charge in [0, 0.05) is 12.8 Å². The molecule has 8 heteroatoms. The van der Waals surface area contributed by atoms with Crippen LogP contribution in [0.4, 0.5) is 10.5 Å². The number of amides is 1. The minimum Gasteiger partial charge on any atom is -0.453 e. The molecule has 1 rings (SSSR count). The summed E-state index contributed by atoms with van der Waals surface area (Å²) in [7, 11) is -1.15. The zero-order valence-corrected chi connectivity index (χ0v) is 10.4. The first kappa shape index (κ1) is 13.5. The molecular weight excluding hydrogens is 245 g/mol. The van der Waals surface area contributed by atoms with Crippen molar-refractivity contribution in [1.29, 1.82) is 0 Å². The molecule has 1 amide bonds. The summed E-state index contributed by atoms with van der Waals surface area (Å²) in [5.74, 6) is 0. The van der Waals surface area contributed by atoms with Crippen LogP contribution in [0.15, 0.2) is 30.3 Å². The van der Waals surface area contributed by atoms with Crippen LogP contribution in [-0.2, 0) is 13.8 Å². The third-order valence-electron chi connectivity index (χ3n) is 1.80. The van der Waals surface area contributed by atoms with Crippen LogP contribution in [-0.4, -0.2) is 20.3 Å². The summed E-state index contributed by atoms with van der Waals surface area (Å²) >= 11 is 0. The minimum atomic E-state index is -3.52. The maximum absolute atomic E-state index is 11.9. The molecule has 1 aromatic rings. The van der Waals surface area contributed by atoms with Crippen molar-refractivity contribution >= 4 is 19.5 Å². The number of rotatable bonds is 5. The number of carbonyl (C=O) groups is 1. The van der Waals surface area contributed by atoms with Gasteiger partial charge < -0.3 is 14.7 Å². The maximum atomic E-state index is 11.9. The fraction of sp³-hybridized carbons (Fsp3) is 0.222. The van der Waals surface area contributed by atoms with E-state index in [2.05, 4.69) is 20.4 Å². The predicted molar refractivity (Wildman–Crippen MR) is 63.4 cm³/mol. The Morgan fingerprint density at radius 3 is 2.41 bits per heavy atom. The van der Waals surface area contributed by atoms with Crippen LogP contribution in [0.25, 0.3) is 0 Å². The number of benzene rings is 1. The molecular formula is C9H14N3O4P. The highest BCUT2D eigenvalue weighted by atomic mass is 31.2. The lowest BCUT2D eigenvalue weighted by atomic mass is 10.3. The van der Waals surface area contributed by atoms with E-state index < -0.39 is 13.8 Å². The van der Waals surface area contributed by atoms with Gasteiger partial charge in [-0.05, 0) is 12.1 Å². The number of hydrazine groups is 1. The monoisotopic (exact) mass is 259 g/mol. The molecule has 0 aromatic heterocycles. The molecule has 94 valence electrons. The minimum absolute atomic E-state index is 0.677. The Balaban J connectivity index is 2.58. The van der Waals surface area contributed by atoms with Crippen molar-refractivity contribution in [2.75, 3.05) is 19.6 Å². The van der Waals surface area contributed by atoms with E-state index in [1.165, 1.54) is 14.2 Å². The highest BCUT2D eigenvalue weighted by Crippen LogP contribution is 2.35. The molecule has 0 aliphatic heterocycles. The van der Waals surface area contributed by atoms with Crippen molar-refractivity contribution < 1.29 is 18.6 Å². The van der Waals surface area contributed by atoms with E-state index in [0.29, 0.717) is 5.69 Å². The van der Waals surface area contributed by atoms with E-state index in [1.807, 2.05) is 6.07 Å². The summed E-state index contributed by atoms with van der Waals surface area (Å²) in [5.41, 5.74) is 3.33. The zero-order valence-electron chi connectivity index (χ0n) is 9.47. The number of hydrogen-bond acceptors (Lipinski definition) is 5. The molecule has 0 aliphatic carbocycles. The summed E-state index contributed by atoms with van der Waals surface area (Å²) < 4.78 is 20.9. The van der Waals surface area contributed by atoms with Gasteiger partial charge in [-0.3, -0.25) is 0 Å². The van der Waals surface area contributed by atoms with Gasteiger partial charge in [0.25, 0.3) is 0 Å². The SMILES string of the molecule is COC(=O)N[P@@](=O)(NNc1ccccc1)OC. The largest absolute Gasteiger partial charge is 0.453 e. The second-order valence-corrected chi connectivity index (χ2v) is 4.86. The van der Waals surface area contributed by atoms with Gasteiger partial charge in [0.15, 0.2) is 0 Å². The van der Waals surface area contributed by atoms with Crippen molar-refractivity contribution in [3.8, 4) is 0 Å². The number of nitrogens with one attached hydrogen (secondary N) is 3. The van der Waals surface area contributed by atoms with Crippen molar-refractivity contribution in [3.63, 3.8) is 0 Å². The van der Waals surface area contributed by atoms with Crippen LogP contribution in [0, 0.1) is 0 Å². The van der Waals surface area contributed by atoms with Crippen LogP contribution < -0.4 is 15.7 Å². The number of para-hydroxylation sites is 1. The van der Waals surface area contributed by atoms with Crippen LogP contribution >= 0.6 is 7.67 Å². The molecule has 0 heterocycles. The third-order valence-corrected chi connectivity index (χ3v) is 3.20. The zero-order chi connectivity index (χ0) is 12.7. The highest BCUT2D eigenvalue weighted by molar-refractivity contribution is 7.55. The summed E-state index contributed by atoms with van der Waals surface area (Å²) in [6.07, 6.45) is -0.849. The Morgan fingerprint density at radius 2 is 1.88 bits per heavy atom. The smallest absolute Gasteiger partial charge is 0.415 e. The maximum Gasteiger partial charge on any atom is 0.415 e. The predicted octanol–water partition coefficient (Wildman–Crippen LogP) is 1.71. The summed E-state index contributed by atoms with van der Waals surface area (Å²) in [6.45, 7) is 0. The Kier molecular flexibility index (Phi) is 4.96. The first-order chi connectivity index (χ1) is 8.09. The van der Waals surface area contributed by atoms with Gasteiger partial charge in [0.2, 0.25) is 0 Å². The van der Waals surface area contributed by atoms with Gasteiger partial charge in [-0.2, -0.15) is 0 Å². The van der Waals surface area contributed by atoms with Crippen molar-refractivity contribution in [2.24, 2.45) is 0 Å². The molecule has 3 N–H and O–H groups in total. The topological polar surface area (TPSA) is 88.7 Å². The van der Waals surface area contributed by atoms with Crippen molar-refractivity contribution in [2.45, 2.75) is 0 Å². The molecule has 0 saturated carbocycles. The second kappa shape index (κ2) is 6.24. The van der Waals surface area contributed by atoms with Crippen LogP contribution in [0.3, 0.4) is 0 Å². The lowest BCUT2D eigenvalue weighted by Crippen LogP contribution is -2.31. The van der Waals surface area contributed by atoms with E-state index in [9.17, 15) is 9.36 Å². The van der Waals surface area contributed by atoms with Crippen molar-refractivity contribution in [3.05, 3.63) is 30.3 Å². The molecule has 0 radical (unpaired) electrons. The number of hydrogen-bond donors (Lipinski definition) is 3. The molecule has 1 aromatic carbocycles. The molecule has 0 aliphatic rings. The van der Waals surface area contributed by atoms with E-state index in [1.54, 1.807) is 24.3 Å². The molecule has 0 saturated heterocycles. The van der Waals surface area contributed by atoms with Crippen molar-refractivity contribution in [1.82, 2.24) is 10.3 Å². The molecule has 0 bridgehead atoms. The Hall–Kier alpha value is -1.56. The molecule has 0 fully saturated rings. The Bertz CT molecular complexity index is 412. The Morgan fingerprint density at radius 1 is 1.24 bits per heavy atom. The van der Waals surface area contributed by atoms with Gasteiger partial charge in [0.05, 0.1) is 7.11 Å². The molecule has 17 heavy (non-hydrogen) atoms. The van der Waals surface area contributed by atoms with E-state index in [4.69, 9.17) is 4.52 Å². The van der Waals surface area contributed by atoms with Crippen LogP contribution in [0.2, 0.25) is 0 Å². The normalized spacial score (nSPS) is 13.5. The number of methoxy groups -OCH3 is 1. The average Bonchev–Trinajstić information content (AvgIpc) is 2.37. The first-order valence-corrected chi connectivity index (χ1v) is 6.32. The summed E-state index contributed by atoms with van der Waals surface area (Å²) in [6, 6.07) is 8.95. The quantitative estimate of drug-likeness (QED) is 0.551. The summed E-state index contributed by atoms with van der Waals surface area (Å²) in [4.78, 5) is 10.9.